The Labute approximate surface area is 97.5 Å². The molecule has 2 aliphatic heterocycles. The van der Waals surface area contributed by atoms with E-state index in [0.717, 1.165) is 0 Å². The van der Waals surface area contributed by atoms with Crippen molar-refractivity contribution in [1.82, 2.24) is 4.90 Å². The smallest absolute Gasteiger partial charge is 0.333 e. The monoisotopic (exact) mass is 223 g/mol. The first kappa shape index (κ1) is 11.6. The fourth-order valence-electron chi connectivity index (χ4n) is 2.80. The number of allylic oxidation sites excluding steroid dienone is 1. The molecule has 2 atom stereocenters. The van der Waals surface area contributed by atoms with Crippen molar-refractivity contribution in [3.05, 3.63) is 11.6 Å². The number of ether oxygens (including phenoxy) is 1. The summed E-state index contributed by atoms with van der Waals surface area (Å²) >= 11 is 0. The molecule has 0 aromatic rings. The molecule has 0 amide bonds. The molecule has 0 saturated carbocycles. The number of hydrogen-bond acceptors (Lipinski definition) is 3. The number of nitrogens with zero attached hydrogens (tertiary/aromatic N) is 1. The molecule has 0 spiro atoms. The van der Waals surface area contributed by atoms with Crippen LogP contribution in [0.4, 0.5) is 0 Å². The van der Waals surface area contributed by atoms with Crippen LogP contribution in [0.15, 0.2) is 11.6 Å². The first-order valence-corrected chi connectivity index (χ1v) is 6.26. The number of rotatable bonds is 3. The molecule has 0 bridgehead atoms. The van der Waals surface area contributed by atoms with Crippen molar-refractivity contribution in [3.63, 3.8) is 0 Å². The van der Waals surface area contributed by atoms with E-state index in [1.807, 2.05) is 6.92 Å². The second-order valence-electron chi connectivity index (χ2n) is 4.86. The molecule has 2 rings (SSSR count). The van der Waals surface area contributed by atoms with Crippen molar-refractivity contribution >= 4 is 5.97 Å². The van der Waals surface area contributed by atoms with Gasteiger partial charge in [0, 0.05) is 17.5 Å². The van der Waals surface area contributed by atoms with Crippen LogP contribution in [0.1, 0.15) is 33.1 Å². The van der Waals surface area contributed by atoms with Crippen LogP contribution in [0.5, 0.6) is 0 Å². The highest BCUT2D eigenvalue weighted by Crippen LogP contribution is 2.32. The third-order valence-corrected chi connectivity index (χ3v) is 3.93. The van der Waals surface area contributed by atoms with E-state index in [1.54, 1.807) is 13.0 Å². The molecule has 0 aliphatic carbocycles. The molecule has 0 N–H and O–H groups in total. The molecule has 2 unspecified atom stereocenters. The molecular weight excluding hydrogens is 202 g/mol. The van der Waals surface area contributed by atoms with Gasteiger partial charge in [0.1, 0.15) is 0 Å². The second-order valence-corrected chi connectivity index (χ2v) is 4.86. The van der Waals surface area contributed by atoms with Crippen LogP contribution in [-0.2, 0) is 9.53 Å². The second kappa shape index (κ2) is 5.00. The number of carbonyl (C=O) groups excluding carboxylic acids is 1. The molecule has 0 radical (unpaired) electrons. The molecule has 2 heterocycles. The van der Waals surface area contributed by atoms with Gasteiger partial charge >= 0.3 is 5.97 Å². The summed E-state index contributed by atoms with van der Waals surface area (Å²) in [5.74, 6) is 0.412. The first-order chi connectivity index (χ1) is 7.72. The lowest BCUT2D eigenvalue weighted by Gasteiger charge is -2.19. The number of esters is 1. The number of hydrogen-bond donors (Lipinski definition) is 0. The van der Waals surface area contributed by atoms with E-state index >= 15 is 0 Å². The van der Waals surface area contributed by atoms with Crippen molar-refractivity contribution in [2.45, 2.75) is 39.2 Å². The lowest BCUT2D eigenvalue weighted by atomic mass is 9.99. The molecule has 2 aliphatic rings. The Hall–Kier alpha value is -0.830. The molecule has 90 valence electrons. The Morgan fingerprint density at radius 2 is 2.25 bits per heavy atom. The predicted molar refractivity (Wildman–Crippen MR) is 63.1 cm³/mol. The SMILES string of the molecule is CC=C(C)C(=O)OCC1CCN2CCCC12. The highest BCUT2D eigenvalue weighted by atomic mass is 16.5. The Kier molecular flexibility index (Phi) is 3.64. The van der Waals surface area contributed by atoms with Gasteiger partial charge in [0.2, 0.25) is 0 Å². The van der Waals surface area contributed by atoms with E-state index in [4.69, 9.17) is 4.74 Å². The highest BCUT2D eigenvalue weighted by Gasteiger charge is 2.37. The molecule has 0 aromatic carbocycles. The van der Waals surface area contributed by atoms with Gasteiger partial charge < -0.3 is 4.74 Å². The van der Waals surface area contributed by atoms with E-state index in [0.29, 0.717) is 24.1 Å². The lowest BCUT2D eigenvalue weighted by molar-refractivity contribution is -0.140. The molecule has 2 fully saturated rings. The molecule has 16 heavy (non-hydrogen) atoms. The number of fused-ring (bicyclic) bond motifs is 1. The summed E-state index contributed by atoms with van der Waals surface area (Å²) in [6.07, 6.45) is 5.58. The van der Waals surface area contributed by atoms with Gasteiger partial charge in [-0.25, -0.2) is 4.79 Å². The van der Waals surface area contributed by atoms with Gasteiger partial charge in [-0.15, -0.1) is 0 Å². The van der Waals surface area contributed by atoms with Gasteiger partial charge in [0.25, 0.3) is 0 Å². The van der Waals surface area contributed by atoms with Crippen molar-refractivity contribution in [3.8, 4) is 0 Å². The van der Waals surface area contributed by atoms with Crippen LogP contribution in [0, 0.1) is 5.92 Å². The highest BCUT2D eigenvalue weighted by molar-refractivity contribution is 5.87. The minimum atomic E-state index is -0.154. The van der Waals surface area contributed by atoms with Gasteiger partial charge in [0.15, 0.2) is 0 Å². The number of carbonyl (C=O) groups is 1. The zero-order chi connectivity index (χ0) is 11.5. The predicted octanol–water partition coefficient (Wildman–Crippen LogP) is 1.98. The molecular formula is C13H21NO2. The minimum Gasteiger partial charge on any atom is -0.462 e. The fraction of sp³-hybridized carbons (Fsp3) is 0.769. The maximum absolute atomic E-state index is 11.5. The molecule has 3 heteroatoms. The standard InChI is InChI=1S/C13H21NO2/c1-3-10(2)13(15)16-9-11-6-8-14-7-4-5-12(11)14/h3,11-12H,4-9H2,1-2H3. The van der Waals surface area contributed by atoms with Crippen LogP contribution in [0.2, 0.25) is 0 Å². The zero-order valence-corrected chi connectivity index (χ0v) is 10.2. The summed E-state index contributed by atoms with van der Waals surface area (Å²) in [7, 11) is 0. The average molecular weight is 223 g/mol. The fourth-order valence-corrected chi connectivity index (χ4v) is 2.80. The Morgan fingerprint density at radius 1 is 1.44 bits per heavy atom. The summed E-state index contributed by atoms with van der Waals surface area (Å²) in [5.41, 5.74) is 0.710. The maximum atomic E-state index is 11.5. The van der Waals surface area contributed by atoms with Crippen molar-refractivity contribution < 1.29 is 9.53 Å². The van der Waals surface area contributed by atoms with Crippen molar-refractivity contribution in [2.75, 3.05) is 19.7 Å². The molecule has 0 aromatic heterocycles. The van der Waals surface area contributed by atoms with E-state index in [-0.39, 0.29) is 5.97 Å². The van der Waals surface area contributed by atoms with Crippen molar-refractivity contribution in [1.29, 1.82) is 0 Å². The van der Waals surface area contributed by atoms with E-state index in [1.165, 1.54) is 32.4 Å². The third-order valence-electron chi connectivity index (χ3n) is 3.93. The summed E-state index contributed by atoms with van der Waals surface area (Å²) in [6, 6.07) is 0.679. The topological polar surface area (TPSA) is 29.5 Å². The van der Waals surface area contributed by atoms with Gasteiger partial charge in [-0.2, -0.15) is 0 Å². The van der Waals surface area contributed by atoms with Crippen LogP contribution in [-0.4, -0.2) is 36.6 Å². The van der Waals surface area contributed by atoms with E-state index in [9.17, 15) is 4.79 Å². The quantitative estimate of drug-likeness (QED) is 0.541. The van der Waals surface area contributed by atoms with Crippen LogP contribution >= 0.6 is 0 Å². The van der Waals surface area contributed by atoms with Crippen LogP contribution in [0.3, 0.4) is 0 Å². The Bertz CT molecular complexity index is 298. The summed E-state index contributed by atoms with van der Waals surface area (Å²) < 4.78 is 5.35. The maximum Gasteiger partial charge on any atom is 0.333 e. The van der Waals surface area contributed by atoms with Gasteiger partial charge in [-0.05, 0) is 46.2 Å². The molecule has 3 nitrogen and oxygen atoms in total. The minimum absolute atomic E-state index is 0.154. The van der Waals surface area contributed by atoms with E-state index < -0.39 is 0 Å². The van der Waals surface area contributed by atoms with Gasteiger partial charge in [0.05, 0.1) is 6.61 Å². The summed E-state index contributed by atoms with van der Waals surface area (Å²) in [4.78, 5) is 14.1. The van der Waals surface area contributed by atoms with Crippen molar-refractivity contribution in [2.24, 2.45) is 5.92 Å². The Balaban J connectivity index is 1.80. The van der Waals surface area contributed by atoms with Crippen LogP contribution < -0.4 is 0 Å². The van der Waals surface area contributed by atoms with Crippen LogP contribution in [0.25, 0.3) is 0 Å². The van der Waals surface area contributed by atoms with E-state index in [2.05, 4.69) is 4.90 Å². The third kappa shape index (κ3) is 2.29. The average Bonchev–Trinajstić information content (AvgIpc) is 2.87. The largest absolute Gasteiger partial charge is 0.462 e. The van der Waals surface area contributed by atoms with Gasteiger partial charge in [-0.1, -0.05) is 6.08 Å². The summed E-state index contributed by atoms with van der Waals surface area (Å²) in [5, 5.41) is 0. The van der Waals surface area contributed by atoms with Gasteiger partial charge in [-0.3, -0.25) is 4.90 Å². The normalized spacial score (nSPS) is 30.5. The lowest BCUT2D eigenvalue weighted by Crippen LogP contribution is -2.28. The summed E-state index contributed by atoms with van der Waals surface area (Å²) in [6.45, 7) is 6.70. The molecule has 2 saturated heterocycles. The first-order valence-electron chi connectivity index (χ1n) is 6.26. The zero-order valence-electron chi connectivity index (χ0n) is 10.2. The Morgan fingerprint density at radius 3 is 3.00 bits per heavy atom.